The summed E-state index contributed by atoms with van der Waals surface area (Å²) in [5.74, 6) is 0.00648. The molecule has 0 fully saturated rings. The van der Waals surface area contributed by atoms with Gasteiger partial charge in [0.1, 0.15) is 18.5 Å². The van der Waals surface area contributed by atoms with Gasteiger partial charge >= 0.3 is 5.97 Å². The van der Waals surface area contributed by atoms with Crippen LogP contribution in [0.1, 0.15) is 70.1 Å². The van der Waals surface area contributed by atoms with E-state index in [2.05, 4.69) is 22.8 Å². The fourth-order valence-electron chi connectivity index (χ4n) is 4.27. The number of aromatic nitrogens is 1. The molecular weight excluding hydrogens is 423 g/mol. The Morgan fingerprint density at radius 2 is 2.00 bits per heavy atom. The molecule has 8 heteroatoms. The molecule has 3 N–H and O–H groups in total. The van der Waals surface area contributed by atoms with Gasteiger partial charge in [0.15, 0.2) is 0 Å². The van der Waals surface area contributed by atoms with Crippen LogP contribution in [0.2, 0.25) is 0 Å². The fourth-order valence-corrected chi connectivity index (χ4v) is 4.27. The summed E-state index contributed by atoms with van der Waals surface area (Å²) in [7, 11) is 0. The van der Waals surface area contributed by atoms with Crippen LogP contribution in [0, 0.1) is 5.92 Å². The topological polar surface area (TPSA) is 94.6 Å². The number of aryl methyl sites for hydroxylation is 2. The van der Waals surface area contributed by atoms with Crippen molar-refractivity contribution in [3.05, 3.63) is 23.4 Å². The number of carbonyl (C=O) groups excluding carboxylic acids is 1. The number of anilines is 1. The molecule has 1 aromatic rings. The Balaban J connectivity index is 1.76. The number of unbranched alkanes of at least 4 members (excludes halogenated alkanes) is 1. The molecule has 0 saturated heterocycles. The van der Waals surface area contributed by atoms with Crippen LogP contribution >= 0.6 is 0 Å². The van der Waals surface area contributed by atoms with E-state index in [0.29, 0.717) is 19.5 Å². The Morgan fingerprint density at radius 3 is 2.70 bits per heavy atom. The highest BCUT2D eigenvalue weighted by Gasteiger charge is 2.22. The highest BCUT2D eigenvalue weighted by molar-refractivity contribution is 5.83. The molecule has 7 nitrogen and oxygen atoms in total. The number of fused-ring (bicyclic) bond motifs is 1. The Morgan fingerprint density at radius 1 is 1.21 bits per heavy atom. The zero-order valence-corrected chi connectivity index (χ0v) is 20.2. The second kappa shape index (κ2) is 14.8. The van der Waals surface area contributed by atoms with Gasteiger partial charge in [0.2, 0.25) is 5.91 Å². The van der Waals surface area contributed by atoms with Crippen molar-refractivity contribution in [2.24, 2.45) is 5.92 Å². The Kier molecular flexibility index (Phi) is 12.1. The molecule has 0 saturated carbocycles. The van der Waals surface area contributed by atoms with E-state index in [1.54, 1.807) is 0 Å². The summed E-state index contributed by atoms with van der Waals surface area (Å²) in [6.45, 7) is 5.96. The molecule has 1 unspecified atom stereocenters. The third kappa shape index (κ3) is 9.66. The summed E-state index contributed by atoms with van der Waals surface area (Å²) in [5.41, 5.74) is 2.34. The highest BCUT2D eigenvalue weighted by Crippen LogP contribution is 2.20. The molecule has 0 aliphatic carbocycles. The first-order valence-corrected chi connectivity index (χ1v) is 12.5. The Labute approximate surface area is 197 Å². The van der Waals surface area contributed by atoms with Gasteiger partial charge in [0.05, 0.1) is 0 Å². The Bertz CT molecular complexity index is 742. The number of hydrogen-bond donors (Lipinski definition) is 3. The quantitative estimate of drug-likeness (QED) is 0.322. The highest BCUT2D eigenvalue weighted by atomic mass is 19.1. The van der Waals surface area contributed by atoms with Crippen molar-refractivity contribution in [3.8, 4) is 0 Å². The lowest BCUT2D eigenvalue weighted by atomic mass is 9.99. The first-order valence-electron chi connectivity index (χ1n) is 12.5. The lowest BCUT2D eigenvalue weighted by Gasteiger charge is -2.24. The minimum Gasteiger partial charge on any atom is -0.480 e. The van der Waals surface area contributed by atoms with Gasteiger partial charge in [-0.3, -0.25) is 4.79 Å². The molecule has 186 valence electrons. The number of nitrogens with one attached hydrogen (secondary N) is 2. The maximum Gasteiger partial charge on any atom is 0.326 e. The molecule has 1 amide bonds. The molecule has 1 atom stereocenters. The second-order valence-corrected chi connectivity index (χ2v) is 8.96. The fraction of sp³-hybridized carbons (Fsp3) is 0.720. The van der Waals surface area contributed by atoms with Crippen LogP contribution in [0.3, 0.4) is 0 Å². The van der Waals surface area contributed by atoms with Crippen molar-refractivity contribution >= 4 is 17.7 Å². The molecule has 1 aliphatic rings. The molecule has 33 heavy (non-hydrogen) atoms. The molecule has 2 heterocycles. The van der Waals surface area contributed by atoms with Gasteiger partial charge in [-0.25, -0.2) is 14.2 Å². The van der Waals surface area contributed by atoms with E-state index in [1.807, 2.05) is 18.7 Å². The van der Waals surface area contributed by atoms with Crippen LogP contribution in [0.4, 0.5) is 10.2 Å². The van der Waals surface area contributed by atoms with Crippen LogP contribution in [0.15, 0.2) is 12.1 Å². The SMILES string of the molecule is CCC(CC)CC(=O)NC(CCN(CCF)CCCCc1ccc2c(n1)NCCC2)C(=O)O. The van der Waals surface area contributed by atoms with E-state index in [4.69, 9.17) is 4.98 Å². The minimum atomic E-state index is -1.04. The van der Waals surface area contributed by atoms with Crippen molar-refractivity contribution in [2.75, 3.05) is 38.2 Å². The van der Waals surface area contributed by atoms with Gasteiger partial charge in [0.25, 0.3) is 0 Å². The number of carbonyl (C=O) groups is 2. The lowest BCUT2D eigenvalue weighted by molar-refractivity contribution is -0.142. The summed E-state index contributed by atoms with van der Waals surface area (Å²) in [6, 6.07) is 3.30. The van der Waals surface area contributed by atoms with Crippen molar-refractivity contribution in [1.29, 1.82) is 0 Å². The third-order valence-corrected chi connectivity index (χ3v) is 6.51. The van der Waals surface area contributed by atoms with Gasteiger partial charge in [-0.15, -0.1) is 0 Å². The number of carboxylic acids is 1. The monoisotopic (exact) mass is 464 g/mol. The van der Waals surface area contributed by atoms with Crippen molar-refractivity contribution < 1.29 is 19.1 Å². The first-order chi connectivity index (χ1) is 16.0. The largest absolute Gasteiger partial charge is 0.480 e. The van der Waals surface area contributed by atoms with Gasteiger partial charge < -0.3 is 20.6 Å². The number of hydrogen-bond acceptors (Lipinski definition) is 5. The predicted octanol–water partition coefficient (Wildman–Crippen LogP) is 3.82. The standard InChI is InChI=1S/C25H41FN4O3/c1-3-19(4-2)18-23(31)29-22(25(32)33)12-16-30(17-13-26)15-6-5-9-21-11-10-20-8-7-14-27-24(20)28-21/h10-11,19,22H,3-9,12-18H2,1-2H3,(H,27,28)(H,29,31)(H,32,33). The zero-order valence-electron chi connectivity index (χ0n) is 20.2. The zero-order chi connectivity index (χ0) is 24.1. The summed E-state index contributed by atoms with van der Waals surface area (Å²) in [4.78, 5) is 30.5. The molecule has 1 aromatic heterocycles. The smallest absolute Gasteiger partial charge is 0.326 e. The van der Waals surface area contributed by atoms with E-state index >= 15 is 0 Å². The minimum absolute atomic E-state index is 0.222. The lowest BCUT2D eigenvalue weighted by Crippen LogP contribution is -2.44. The number of nitrogens with zero attached hydrogens (tertiary/aromatic N) is 2. The molecule has 0 radical (unpaired) electrons. The molecule has 0 aromatic carbocycles. The average molecular weight is 465 g/mol. The summed E-state index contributed by atoms with van der Waals surface area (Å²) >= 11 is 0. The maximum absolute atomic E-state index is 13.0. The maximum atomic E-state index is 13.0. The van der Waals surface area contributed by atoms with Crippen LogP contribution < -0.4 is 10.6 Å². The molecule has 1 aliphatic heterocycles. The normalized spacial score (nSPS) is 14.1. The van der Waals surface area contributed by atoms with E-state index < -0.39 is 18.7 Å². The summed E-state index contributed by atoms with van der Waals surface area (Å²) in [5, 5.41) is 15.5. The molecular formula is C25H41FN4O3. The number of alkyl halides is 1. The Hall–Kier alpha value is -2.22. The van der Waals surface area contributed by atoms with Crippen molar-refractivity contribution in [1.82, 2.24) is 15.2 Å². The van der Waals surface area contributed by atoms with Crippen molar-refractivity contribution in [3.63, 3.8) is 0 Å². The molecule has 2 rings (SSSR count). The molecule has 0 spiro atoms. The number of pyridine rings is 1. The van der Waals surface area contributed by atoms with Crippen LogP contribution in [0.25, 0.3) is 0 Å². The van der Waals surface area contributed by atoms with Crippen LogP contribution in [-0.4, -0.2) is 65.8 Å². The number of carboxylic acid groups (broad SMARTS) is 1. The predicted molar refractivity (Wildman–Crippen MR) is 129 cm³/mol. The number of rotatable bonds is 16. The van der Waals surface area contributed by atoms with Gasteiger partial charge in [0, 0.05) is 31.7 Å². The van der Waals surface area contributed by atoms with Crippen molar-refractivity contribution in [2.45, 2.75) is 77.7 Å². The number of halogens is 1. The summed E-state index contributed by atoms with van der Waals surface area (Å²) < 4.78 is 13.0. The van der Waals surface area contributed by atoms with E-state index in [9.17, 15) is 19.1 Å². The van der Waals surface area contributed by atoms with Gasteiger partial charge in [-0.05, 0) is 62.6 Å². The van der Waals surface area contributed by atoms with E-state index in [-0.39, 0.29) is 24.8 Å². The van der Waals surface area contributed by atoms with Crippen LogP contribution in [-0.2, 0) is 22.4 Å². The number of amides is 1. The number of aliphatic carboxylic acids is 1. The second-order valence-electron chi connectivity index (χ2n) is 8.96. The summed E-state index contributed by atoms with van der Waals surface area (Å²) in [6.07, 6.45) is 7.29. The van der Waals surface area contributed by atoms with Crippen LogP contribution in [0.5, 0.6) is 0 Å². The van der Waals surface area contributed by atoms with E-state index in [1.165, 1.54) is 5.56 Å². The average Bonchev–Trinajstić information content (AvgIpc) is 2.82. The third-order valence-electron chi connectivity index (χ3n) is 6.51. The van der Waals surface area contributed by atoms with Gasteiger partial charge in [-0.2, -0.15) is 0 Å². The van der Waals surface area contributed by atoms with E-state index in [0.717, 1.165) is 63.0 Å². The molecule has 0 bridgehead atoms. The van der Waals surface area contributed by atoms with Gasteiger partial charge in [-0.1, -0.05) is 32.8 Å². The first kappa shape index (κ1) is 27.0.